The van der Waals surface area contributed by atoms with Crippen molar-refractivity contribution in [2.75, 3.05) is 0 Å². The van der Waals surface area contributed by atoms with Gasteiger partial charge >= 0.3 is 0 Å². The molecule has 0 N–H and O–H groups in total. The predicted molar refractivity (Wildman–Crippen MR) is 308 cm³/mol. The van der Waals surface area contributed by atoms with Crippen molar-refractivity contribution in [2.45, 2.75) is 6.92 Å². The molecule has 0 atom stereocenters. The van der Waals surface area contributed by atoms with Crippen molar-refractivity contribution < 1.29 is 0 Å². The van der Waals surface area contributed by atoms with E-state index >= 15 is 0 Å². The Hall–Kier alpha value is -11.2. The Morgan fingerprint density at radius 3 is 1.34 bits per heavy atom. The Labute approximate surface area is 443 Å². The van der Waals surface area contributed by atoms with E-state index in [0.29, 0.717) is 40.0 Å². The number of aromatic nitrogens is 5. The highest BCUT2D eigenvalue weighted by molar-refractivity contribution is 6.13. The second-order valence-electron chi connectivity index (χ2n) is 18.9. The van der Waals surface area contributed by atoms with E-state index in [1.165, 1.54) is 0 Å². The zero-order chi connectivity index (χ0) is 52.1. The summed E-state index contributed by atoms with van der Waals surface area (Å²) in [7, 11) is 0. The minimum Gasteiger partial charge on any atom is -0.309 e. The number of benzene rings is 10. The second kappa shape index (κ2) is 18.7. The van der Waals surface area contributed by atoms with Crippen LogP contribution in [0.1, 0.15) is 16.7 Å². The van der Waals surface area contributed by atoms with Crippen molar-refractivity contribution in [1.82, 2.24) is 24.1 Å². The molecule has 0 saturated carbocycles. The number of nitrogens with zero attached hydrogens (tertiary/aromatic N) is 9. The molecule has 0 spiro atoms. The number of fused-ring (bicyclic) bond motifs is 6. The van der Waals surface area contributed by atoms with E-state index in [4.69, 9.17) is 28.1 Å². The molecule has 9 heteroatoms. The van der Waals surface area contributed by atoms with Crippen LogP contribution in [0.4, 0.5) is 11.4 Å². The van der Waals surface area contributed by atoms with Crippen molar-refractivity contribution in [3.63, 3.8) is 0 Å². The summed E-state index contributed by atoms with van der Waals surface area (Å²) in [6, 6.07) is 77.6. The third kappa shape index (κ3) is 7.90. The van der Waals surface area contributed by atoms with Crippen LogP contribution in [0.3, 0.4) is 0 Å². The summed E-state index contributed by atoms with van der Waals surface area (Å²) in [5.74, 6) is 1.65. The van der Waals surface area contributed by atoms with E-state index in [9.17, 15) is 10.5 Å². The molecule has 356 valence electrons. The van der Waals surface area contributed by atoms with Gasteiger partial charge in [-0.1, -0.05) is 121 Å². The highest BCUT2D eigenvalue weighted by atomic mass is 15.0. The van der Waals surface area contributed by atoms with Crippen LogP contribution in [0.15, 0.2) is 218 Å². The lowest BCUT2D eigenvalue weighted by molar-refractivity contribution is 1.07. The monoisotopic (exact) mass is 981 g/mol. The van der Waals surface area contributed by atoms with Gasteiger partial charge in [-0.15, -0.1) is 0 Å². The van der Waals surface area contributed by atoms with Gasteiger partial charge in [0.15, 0.2) is 28.8 Å². The molecule has 13 rings (SSSR count). The molecule has 0 aliphatic rings. The number of aryl methyl sites for hydroxylation is 1. The van der Waals surface area contributed by atoms with E-state index in [1.54, 1.807) is 12.1 Å². The average Bonchev–Trinajstić information content (AvgIpc) is 4.01. The fourth-order valence-corrected chi connectivity index (χ4v) is 10.8. The standard InChI is InChI=1S/C68H39N9/c1-42-15-14-24-64(77-60-23-13-11-21-55(60)57-38-48(26-29-62(57)77)51-32-44(41-70)34-53(36-51)72-3)65(42)58-39-49(68-74-66(45-16-6-4-7-17-45)73-67(75-68)46-18-8-5-9-19-46)27-30-63(58)76-59-22-12-10-20-54(59)56-37-47(25-28-61(56)76)50-31-43(40-69)33-52(35-50)71-2/h4-39H,1H3. The Kier molecular flexibility index (Phi) is 11.1. The van der Waals surface area contributed by atoms with Crippen LogP contribution in [0, 0.1) is 42.7 Å². The maximum Gasteiger partial charge on any atom is 0.189 e. The van der Waals surface area contributed by atoms with Gasteiger partial charge in [-0.25, -0.2) is 24.6 Å². The zero-order valence-corrected chi connectivity index (χ0v) is 41.3. The van der Waals surface area contributed by atoms with Gasteiger partial charge in [-0.05, 0) is 132 Å². The molecule has 0 fully saturated rings. The van der Waals surface area contributed by atoms with Gasteiger partial charge in [-0.2, -0.15) is 10.5 Å². The van der Waals surface area contributed by atoms with Crippen LogP contribution < -0.4 is 0 Å². The quantitative estimate of drug-likeness (QED) is 0.141. The minimum absolute atomic E-state index is 0.412. The lowest BCUT2D eigenvalue weighted by atomic mass is 9.94. The molecule has 3 heterocycles. The number of hydrogen-bond acceptors (Lipinski definition) is 5. The zero-order valence-electron chi connectivity index (χ0n) is 41.3. The van der Waals surface area contributed by atoms with Crippen LogP contribution in [0.5, 0.6) is 0 Å². The van der Waals surface area contributed by atoms with E-state index in [0.717, 1.165) is 111 Å². The molecule has 0 amide bonds. The molecule has 3 aromatic heterocycles. The van der Waals surface area contributed by atoms with Gasteiger partial charge in [-0.3, -0.25) is 0 Å². The molecule has 0 aliphatic heterocycles. The molecule has 77 heavy (non-hydrogen) atoms. The first-order chi connectivity index (χ1) is 37.9. The first-order valence-corrected chi connectivity index (χ1v) is 24.9. The molecule has 9 nitrogen and oxygen atoms in total. The van der Waals surface area contributed by atoms with Gasteiger partial charge in [0.1, 0.15) is 0 Å². The fraction of sp³-hybridized carbons (Fsp3) is 0.0147. The van der Waals surface area contributed by atoms with E-state index in [1.807, 2.05) is 84.9 Å². The summed E-state index contributed by atoms with van der Waals surface area (Å²) in [5, 5.41) is 24.0. The van der Waals surface area contributed by atoms with Crippen molar-refractivity contribution in [1.29, 1.82) is 10.5 Å². The highest BCUT2D eigenvalue weighted by Gasteiger charge is 2.24. The maximum absolute atomic E-state index is 9.92. The number of hydrogen-bond donors (Lipinski definition) is 0. The number of para-hydroxylation sites is 2. The lowest BCUT2D eigenvalue weighted by Crippen LogP contribution is -2.04. The summed E-state index contributed by atoms with van der Waals surface area (Å²) < 4.78 is 4.68. The maximum atomic E-state index is 9.92. The largest absolute Gasteiger partial charge is 0.309 e. The van der Waals surface area contributed by atoms with E-state index in [-0.39, 0.29) is 0 Å². The summed E-state index contributed by atoms with van der Waals surface area (Å²) in [6.45, 7) is 17.7. The van der Waals surface area contributed by atoms with E-state index in [2.05, 4.69) is 159 Å². The van der Waals surface area contributed by atoms with Crippen LogP contribution in [0.25, 0.3) is 132 Å². The molecule has 0 bridgehead atoms. The predicted octanol–water partition coefficient (Wildman–Crippen LogP) is 17.2. The number of nitriles is 2. The summed E-state index contributed by atoms with van der Waals surface area (Å²) in [5.41, 5.74) is 16.5. The van der Waals surface area contributed by atoms with Crippen molar-refractivity contribution in [2.24, 2.45) is 0 Å². The SMILES string of the molecule is [C-]#[N+]c1cc(C#N)cc(-c2ccc3c(c2)c2ccccc2n3-c2ccc(-c3nc(-c4ccccc4)nc(-c4ccccc4)n3)cc2-c2c(C)cccc2-n2c3ccccc3c3cc(-c4cc(C#N)cc([N+]#[C-])c4)ccc32)c1. The highest BCUT2D eigenvalue weighted by Crippen LogP contribution is 2.45. The topological polar surface area (TPSA) is 105 Å². The van der Waals surface area contributed by atoms with Gasteiger partial charge in [0.05, 0.1) is 58.7 Å². The Morgan fingerprint density at radius 2 is 0.831 bits per heavy atom. The van der Waals surface area contributed by atoms with Crippen molar-refractivity contribution in [3.05, 3.63) is 258 Å². The van der Waals surface area contributed by atoms with Gasteiger partial charge in [0.25, 0.3) is 0 Å². The van der Waals surface area contributed by atoms with Crippen LogP contribution >= 0.6 is 0 Å². The third-order valence-corrected chi connectivity index (χ3v) is 14.3. The molecular formula is C68H39N9. The fourth-order valence-electron chi connectivity index (χ4n) is 10.8. The minimum atomic E-state index is 0.412. The second-order valence-corrected chi connectivity index (χ2v) is 18.9. The van der Waals surface area contributed by atoms with E-state index < -0.39 is 0 Å². The van der Waals surface area contributed by atoms with Crippen LogP contribution in [0.2, 0.25) is 0 Å². The van der Waals surface area contributed by atoms with Crippen LogP contribution in [-0.4, -0.2) is 24.1 Å². The van der Waals surface area contributed by atoms with Gasteiger partial charge < -0.3 is 9.13 Å². The summed E-state index contributed by atoms with van der Waals surface area (Å²) in [6.07, 6.45) is 0. The molecule has 10 aromatic carbocycles. The molecule has 0 aliphatic carbocycles. The van der Waals surface area contributed by atoms with Crippen LogP contribution in [-0.2, 0) is 0 Å². The molecular weight excluding hydrogens is 943 g/mol. The Morgan fingerprint density at radius 1 is 0.377 bits per heavy atom. The molecule has 0 unspecified atom stereocenters. The Balaban J connectivity index is 1.09. The van der Waals surface area contributed by atoms with Gasteiger partial charge in [0.2, 0.25) is 0 Å². The normalized spacial score (nSPS) is 11.1. The molecule has 0 radical (unpaired) electrons. The average molecular weight is 982 g/mol. The number of rotatable bonds is 8. The first kappa shape index (κ1) is 45.6. The summed E-state index contributed by atoms with van der Waals surface area (Å²) in [4.78, 5) is 22.8. The molecule has 13 aromatic rings. The van der Waals surface area contributed by atoms with Crippen molar-refractivity contribution in [3.8, 4) is 91.1 Å². The smallest absolute Gasteiger partial charge is 0.189 e. The third-order valence-electron chi connectivity index (χ3n) is 14.3. The van der Waals surface area contributed by atoms with Gasteiger partial charge in [0, 0.05) is 60.5 Å². The Bertz CT molecular complexity index is 4630. The lowest BCUT2D eigenvalue weighted by Gasteiger charge is -2.21. The summed E-state index contributed by atoms with van der Waals surface area (Å²) >= 11 is 0. The van der Waals surface area contributed by atoms with Crippen molar-refractivity contribution >= 4 is 55.0 Å². The molecule has 0 saturated heterocycles. The first-order valence-electron chi connectivity index (χ1n) is 24.9.